The SMILES string of the molecule is CC(C)Oc1ccc(C(c2sc3ncnn3c2O)N(CCO)CCO)cc1. The second-order valence-corrected chi connectivity index (χ2v) is 7.37. The second-order valence-electron chi connectivity index (χ2n) is 6.37. The maximum absolute atomic E-state index is 10.7. The third-order valence-corrected chi connectivity index (χ3v) is 5.18. The Morgan fingerprint density at radius 3 is 2.37 bits per heavy atom. The number of ether oxygens (including phenoxy) is 1. The predicted octanol–water partition coefficient (Wildman–Crippen LogP) is 1.66. The Bertz CT molecular complexity index is 856. The highest BCUT2D eigenvalue weighted by Crippen LogP contribution is 2.39. The lowest BCUT2D eigenvalue weighted by Gasteiger charge is -2.30. The standard InChI is InChI=1S/C18H24N4O4S/c1-12(2)26-14-5-3-13(4-6-14)15(21(7-9-23)8-10-24)16-17(25)22-18(27-16)19-11-20-22/h3-6,11-12,15,23-25H,7-10H2,1-2H3. The summed E-state index contributed by atoms with van der Waals surface area (Å²) in [7, 11) is 0. The molecule has 0 radical (unpaired) electrons. The van der Waals surface area contributed by atoms with Crippen LogP contribution in [0, 0.1) is 0 Å². The highest BCUT2D eigenvalue weighted by molar-refractivity contribution is 7.17. The van der Waals surface area contributed by atoms with Crippen LogP contribution in [0.15, 0.2) is 30.6 Å². The van der Waals surface area contributed by atoms with E-state index < -0.39 is 0 Å². The molecule has 1 aromatic carbocycles. The molecule has 0 saturated heterocycles. The number of aromatic hydroxyl groups is 1. The Balaban J connectivity index is 2.03. The Morgan fingerprint density at radius 2 is 1.81 bits per heavy atom. The van der Waals surface area contributed by atoms with Crippen molar-refractivity contribution in [3.63, 3.8) is 0 Å². The van der Waals surface area contributed by atoms with Crippen LogP contribution in [0.5, 0.6) is 11.6 Å². The van der Waals surface area contributed by atoms with Gasteiger partial charge in [-0.2, -0.15) is 9.61 Å². The van der Waals surface area contributed by atoms with Crippen molar-refractivity contribution >= 4 is 16.3 Å². The van der Waals surface area contributed by atoms with Crippen LogP contribution in [0.25, 0.3) is 4.96 Å². The van der Waals surface area contributed by atoms with Crippen molar-refractivity contribution in [2.24, 2.45) is 0 Å². The average Bonchev–Trinajstić information content (AvgIpc) is 3.20. The molecule has 0 aliphatic carbocycles. The Kier molecular flexibility index (Phi) is 6.27. The first-order valence-corrected chi connectivity index (χ1v) is 9.60. The van der Waals surface area contributed by atoms with E-state index in [9.17, 15) is 15.3 Å². The molecule has 0 bridgehead atoms. The van der Waals surface area contributed by atoms with Gasteiger partial charge in [-0.1, -0.05) is 23.5 Å². The van der Waals surface area contributed by atoms with Crippen LogP contribution >= 0.6 is 11.3 Å². The lowest BCUT2D eigenvalue weighted by Crippen LogP contribution is -2.34. The molecule has 0 amide bonds. The summed E-state index contributed by atoms with van der Waals surface area (Å²) < 4.78 is 7.09. The number of nitrogens with zero attached hydrogens (tertiary/aromatic N) is 4. The highest BCUT2D eigenvalue weighted by Gasteiger charge is 2.28. The molecule has 0 saturated carbocycles. The summed E-state index contributed by atoms with van der Waals surface area (Å²) in [6.07, 6.45) is 1.47. The topological polar surface area (TPSA) is 103 Å². The lowest BCUT2D eigenvalue weighted by molar-refractivity contribution is 0.136. The molecule has 3 N–H and O–H groups in total. The smallest absolute Gasteiger partial charge is 0.230 e. The van der Waals surface area contributed by atoms with Gasteiger partial charge < -0.3 is 20.1 Å². The molecule has 2 aromatic heterocycles. The van der Waals surface area contributed by atoms with E-state index in [1.165, 1.54) is 22.2 Å². The molecule has 9 heteroatoms. The number of rotatable bonds is 9. The molecular weight excluding hydrogens is 368 g/mol. The molecule has 1 atom stereocenters. The van der Waals surface area contributed by atoms with Crippen LogP contribution in [-0.4, -0.2) is 67.2 Å². The minimum Gasteiger partial charge on any atom is -0.492 e. The quantitative estimate of drug-likeness (QED) is 0.509. The first-order valence-electron chi connectivity index (χ1n) is 8.79. The monoisotopic (exact) mass is 392 g/mol. The van der Waals surface area contributed by atoms with Gasteiger partial charge in [-0.25, -0.2) is 4.98 Å². The van der Waals surface area contributed by atoms with Crippen LogP contribution in [-0.2, 0) is 0 Å². The van der Waals surface area contributed by atoms with E-state index in [-0.39, 0.29) is 31.2 Å². The maximum atomic E-state index is 10.7. The average molecular weight is 392 g/mol. The van der Waals surface area contributed by atoms with Crippen molar-refractivity contribution in [2.75, 3.05) is 26.3 Å². The van der Waals surface area contributed by atoms with E-state index in [0.717, 1.165) is 11.3 Å². The molecule has 1 unspecified atom stereocenters. The van der Waals surface area contributed by atoms with Crippen molar-refractivity contribution < 1.29 is 20.1 Å². The minimum absolute atomic E-state index is 0.0147. The van der Waals surface area contributed by atoms with Crippen molar-refractivity contribution in [1.82, 2.24) is 19.5 Å². The number of hydrogen-bond donors (Lipinski definition) is 3. The summed E-state index contributed by atoms with van der Waals surface area (Å²) in [6, 6.07) is 7.27. The zero-order valence-corrected chi connectivity index (χ0v) is 16.1. The first-order chi connectivity index (χ1) is 13.0. The van der Waals surface area contributed by atoms with Gasteiger partial charge in [0.2, 0.25) is 10.8 Å². The van der Waals surface area contributed by atoms with Gasteiger partial charge in [0.05, 0.1) is 30.2 Å². The molecular formula is C18H24N4O4S. The maximum Gasteiger partial charge on any atom is 0.230 e. The van der Waals surface area contributed by atoms with Gasteiger partial charge >= 0.3 is 0 Å². The third kappa shape index (κ3) is 4.22. The molecule has 27 heavy (non-hydrogen) atoms. The number of aromatic nitrogens is 3. The predicted molar refractivity (Wildman–Crippen MR) is 102 cm³/mol. The van der Waals surface area contributed by atoms with Crippen LogP contribution in [0.4, 0.5) is 0 Å². The van der Waals surface area contributed by atoms with Gasteiger partial charge in [-0.15, -0.1) is 0 Å². The molecule has 3 aromatic rings. The molecule has 0 spiro atoms. The summed E-state index contributed by atoms with van der Waals surface area (Å²) in [6.45, 7) is 4.51. The number of thiazole rings is 1. The van der Waals surface area contributed by atoms with Crippen LogP contribution in [0.1, 0.15) is 30.3 Å². The van der Waals surface area contributed by atoms with Crippen molar-refractivity contribution in [2.45, 2.75) is 26.0 Å². The van der Waals surface area contributed by atoms with Gasteiger partial charge in [-0.3, -0.25) is 4.90 Å². The van der Waals surface area contributed by atoms with Gasteiger partial charge in [0.1, 0.15) is 12.1 Å². The summed E-state index contributed by atoms with van der Waals surface area (Å²) in [5.74, 6) is 0.774. The molecule has 2 heterocycles. The van der Waals surface area contributed by atoms with Crippen molar-refractivity contribution in [1.29, 1.82) is 0 Å². The Morgan fingerprint density at radius 1 is 1.15 bits per heavy atom. The third-order valence-electron chi connectivity index (χ3n) is 4.09. The molecule has 3 rings (SSSR count). The fourth-order valence-corrected chi connectivity index (χ4v) is 4.12. The Labute approximate surface area is 161 Å². The number of benzene rings is 1. The van der Waals surface area contributed by atoms with Gasteiger partial charge in [0, 0.05) is 13.1 Å². The summed E-state index contributed by atoms with van der Waals surface area (Å²) >= 11 is 1.33. The largest absolute Gasteiger partial charge is 0.492 e. The van der Waals surface area contributed by atoms with Crippen molar-refractivity contribution in [3.05, 3.63) is 41.0 Å². The van der Waals surface area contributed by atoms with E-state index in [4.69, 9.17) is 4.74 Å². The van der Waals surface area contributed by atoms with E-state index in [0.29, 0.717) is 22.9 Å². The molecule has 0 aliphatic heterocycles. The molecule has 8 nitrogen and oxygen atoms in total. The minimum atomic E-state index is -0.356. The number of fused-ring (bicyclic) bond motifs is 1. The van der Waals surface area contributed by atoms with Gasteiger partial charge in [0.25, 0.3) is 0 Å². The molecule has 0 fully saturated rings. The summed E-state index contributed by atoms with van der Waals surface area (Å²) in [4.78, 5) is 7.31. The normalized spacial score (nSPS) is 13.0. The number of hydrogen-bond acceptors (Lipinski definition) is 8. The number of aliphatic hydroxyl groups excluding tert-OH is 2. The second kappa shape index (κ2) is 8.66. The zero-order chi connectivity index (χ0) is 19.4. The lowest BCUT2D eigenvalue weighted by atomic mass is 10.0. The van der Waals surface area contributed by atoms with Crippen LogP contribution in [0.3, 0.4) is 0 Å². The number of aliphatic hydroxyl groups is 2. The summed E-state index contributed by atoms with van der Waals surface area (Å²) in [5, 5.41) is 33.7. The van der Waals surface area contributed by atoms with Crippen LogP contribution in [0.2, 0.25) is 0 Å². The van der Waals surface area contributed by atoms with Crippen molar-refractivity contribution in [3.8, 4) is 11.6 Å². The fourth-order valence-electron chi connectivity index (χ4n) is 3.03. The first kappa shape index (κ1) is 19.6. The zero-order valence-electron chi connectivity index (χ0n) is 15.3. The van der Waals surface area contributed by atoms with Gasteiger partial charge in [0.15, 0.2) is 0 Å². The van der Waals surface area contributed by atoms with E-state index in [2.05, 4.69) is 10.1 Å². The fraction of sp³-hybridized carbons (Fsp3) is 0.444. The van der Waals surface area contributed by atoms with E-state index in [1.807, 2.05) is 43.0 Å². The van der Waals surface area contributed by atoms with E-state index >= 15 is 0 Å². The molecule has 0 aliphatic rings. The molecule has 146 valence electrons. The van der Waals surface area contributed by atoms with Gasteiger partial charge in [-0.05, 0) is 31.5 Å². The highest BCUT2D eigenvalue weighted by atomic mass is 32.1. The van der Waals surface area contributed by atoms with Crippen LogP contribution < -0.4 is 4.74 Å². The summed E-state index contributed by atoms with van der Waals surface area (Å²) in [5.41, 5.74) is 0.910. The Hall–Kier alpha value is -2.20. The van der Waals surface area contributed by atoms with E-state index in [1.54, 1.807) is 0 Å².